The zero-order chi connectivity index (χ0) is 15.6. The molecule has 0 saturated carbocycles. The van der Waals surface area contributed by atoms with E-state index in [0.717, 1.165) is 4.68 Å². The van der Waals surface area contributed by atoms with E-state index in [2.05, 4.69) is 25.3 Å². The van der Waals surface area contributed by atoms with E-state index in [1.54, 1.807) is 0 Å². The molecular formula is C9H13FN8O3. The molecule has 0 amide bonds. The molecule has 1 fully saturated rings. The van der Waals surface area contributed by atoms with Gasteiger partial charge in [0, 0.05) is 12.0 Å². The molecule has 1 aliphatic heterocycles. The van der Waals surface area contributed by atoms with Crippen LogP contribution in [0.5, 0.6) is 0 Å². The Labute approximate surface area is 117 Å². The van der Waals surface area contributed by atoms with Gasteiger partial charge in [-0.3, -0.25) is 4.99 Å². The number of aromatic nitrogens is 3. The normalized spacial score (nSPS) is 33.0. The Balaban J connectivity index is 2.33. The Hall–Kier alpha value is -2.27. The number of aliphatic imine (C=N–C) groups is 1. The summed E-state index contributed by atoms with van der Waals surface area (Å²) in [6.07, 6.45) is -4.01. The Bertz CT molecular complexity index is 600. The van der Waals surface area contributed by atoms with Gasteiger partial charge < -0.3 is 20.7 Å². The van der Waals surface area contributed by atoms with Crippen molar-refractivity contribution in [2.24, 2.45) is 15.8 Å². The number of nitrogens with zero attached hydrogens (tertiary/aromatic N) is 7. The summed E-state index contributed by atoms with van der Waals surface area (Å²) in [5, 5.41) is 29.5. The quantitative estimate of drug-likeness (QED) is 0.208. The third-order valence-electron chi connectivity index (χ3n) is 3.08. The zero-order valence-electron chi connectivity index (χ0n) is 10.9. The standard InChI is InChI=1S/C9H13FN8O3/c1-13-7(11)4-2-18(17-14-4)8-5(10)6(20)9(3-19,21-8)15-16-12/h2,5-6,8,19-20H,3H2,1H3,(H2,11,13)/t5-,6-,8+,9?/m0/s1. The van der Waals surface area contributed by atoms with E-state index in [0.29, 0.717) is 0 Å². The fourth-order valence-electron chi connectivity index (χ4n) is 1.90. The monoisotopic (exact) mass is 300 g/mol. The highest BCUT2D eigenvalue weighted by Crippen LogP contribution is 2.39. The zero-order valence-corrected chi connectivity index (χ0v) is 10.9. The van der Waals surface area contributed by atoms with E-state index < -0.39 is 30.8 Å². The lowest BCUT2D eigenvalue weighted by molar-refractivity contribution is -0.126. The van der Waals surface area contributed by atoms with Crippen molar-refractivity contribution in [3.05, 3.63) is 22.3 Å². The van der Waals surface area contributed by atoms with Gasteiger partial charge in [0.2, 0.25) is 5.72 Å². The van der Waals surface area contributed by atoms with Crippen LogP contribution < -0.4 is 5.73 Å². The maximum atomic E-state index is 14.1. The summed E-state index contributed by atoms with van der Waals surface area (Å²) < 4.78 is 20.3. The van der Waals surface area contributed by atoms with Gasteiger partial charge in [-0.15, -0.1) is 5.10 Å². The smallest absolute Gasteiger partial charge is 0.201 e. The first-order chi connectivity index (χ1) is 9.99. The topological polar surface area (TPSA) is 168 Å². The van der Waals surface area contributed by atoms with Crippen LogP contribution in [0.4, 0.5) is 4.39 Å². The van der Waals surface area contributed by atoms with E-state index in [4.69, 9.17) is 16.0 Å². The summed E-state index contributed by atoms with van der Waals surface area (Å²) in [4.78, 5) is 6.14. The molecule has 4 N–H and O–H groups in total. The number of ether oxygens (including phenoxy) is 1. The van der Waals surface area contributed by atoms with Gasteiger partial charge in [0.1, 0.15) is 17.6 Å². The Morgan fingerprint density at radius 3 is 3.05 bits per heavy atom. The van der Waals surface area contributed by atoms with Crippen LogP contribution in [-0.2, 0) is 4.74 Å². The highest BCUT2D eigenvalue weighted by atomic mass is 19.1. The van der Waals surface area contributed by atoms with Gasteiger partial charge in [0.05, 0.1) is 12.8 Å². The molecule has 0 bridgehead atoms. The third kappa shape index (κ3) is 2.40. The minimum absolute atomic E-state index is 0.0821. The molecule has 12 heteroatoms. The van der Waals surface area contributed by atoms with Crippen molar-refractivity contribution in [2.45, 2.75) is 24.2 Å². The molecule has 114 valence electrons. The number of hydrogen-bond acceptors (Lipinski definition) is 7. The van der Waals surface area contributed by atoms with Crippen molar-refractivity contribution in [2.75, 3.05) is 13.7 Å². The van der Waals surface area contributed by atoms with Crippen molar-refractivity contribution in [3.8, 4) is 0 Å². The largest absolute Gasteiger partial charge is 0.393 e. The molecule has 0 spiro atoms. The first-order valence-corrected chi connectivity index (χ1v) is 5.80. The summed E-state index contributed by atoms with van der Waals surface area (Å²) in [7, 11) is 1.44. The van der Waals surface area contributed by atoms with E-state index in [9.17, 15) is 14.6 Å². The first kappa shape index (κ1) is 15.1. The number of aliphatic hydroxyl groups excluding tert-OH is 2. The Morgan fingerprint density at radius 2 is 2.48 bits per heavy atom. The fraction of sp³-hybridized carbons (Fsp3) is 0.667. The summed E-state index contributed by atoms with van der Waals surface area (Å²) >= 11 is 0. The first-order valence-electron chi connectivity index (χ1n) is 5.80. The predicted molar refractivity (Wildman–Crippen MR) is 66.7 cm³/mol. The Morgan fingerprint density at radius 1 is 1.76 bits per heavy atom. The molecule has 1 aromatic rings. The fourth-order valence-corrected chi connectivity index (χ4v) is 1.90. The van der Waals surface area contributed by atoms with Crippen LogP contribution in [0.25, 0.3) is 10.4 Å². The molecule has 0 aliphatic carbocycles. The second-order valence-electron chi connectivity index (χ2n) is 4.28. The van der Waals surface area contributed by atoms with Crippen molar-refractivity contribution < 1.29 is 19.3 Å². The number of amidine groups is 1. The van der Waals surface area contributed by atoms with Gasteiger partial charge in [0.15, 0.2) is 12.4 Å². The van der Waals surface area contributed by atoms with Crippen LogP contribution in [0.3, 0.4) is 0 Å². The highest BCUT2D eigenvalue weighted by Gasteiger charge is 2.56. The van der Waals surface area contributed by atoms with Gasteiger partial charge >= 0.3 is 0 Å². The minimum Gasteiger partial charge on any atom is -0.393 e. The van der Waals surface area contributed by atoms with Crippen molar-refractivity contribution >= 4 is 5.84 Å². The molecule has 1 aliphatic rings. The summed E-state index contributed by atoms with van der Waals surface area (Å²) in [5.41, 5.74) is 12.1. The lowest BCUT2D eigenvalue weighted by Crippen LogP contribution is -2.43. The lowest BCUT2D eigenvalue weighted by Gasteiger charge is -2.23. The van der Waals surface area contributed by atoms with Crippen LogP contribution in [-0.4, -0.2) is 62.7 Å². The number of alkyl halides is 1. The highest BCUT2D eigenvalue weighted by molar-refractivity contribution is 5.95. The number of rotatable bonds is 4. The number of aliphatic hydroxyl groups is 2. The van der Waals surface area contributed by atoms with Gasteiger partial charge in [-0.2, -0.15) is 0 Å². The lowest BCUT2D eigenvalue weighted by atomic mass is 10.1. The molecule has 1 aromatic heterocycles. The number of hydrogen-bond donors (Lipinski definition) is 3. The predicted octanol–water partition coefficient (Wildman–Crippen LogP) is -1.16. The maximum Gasteiger partial charge on any atom is 0.201 e. The Kier molecular flexibility index (Phi) is 4.04. The van der Waals surface area contributed by atoms with Crippen molar-refractivity contribution in [1.29, 1.82) is 0 Å². The summed E-state index contributed by atoms with van der Waals surface area (Å²) in [6.45, 7) is -0.894. The molecule has 0 aromatic carbocycles. The van der Waals surface area contributed by atoms with Gasteiger partial charge in [-0.05, 0) is 5.53 Å². The molecule has 0 radical (unpaired) electrons. The van der Waals surface area contributed by atoms with Crippen LogP contribution in [0, 0.1) is 0 Å². The minimum atomic E-state index is -2.12. The average Bonchev–Trinajstić information content (AvgIpc) is 3.06. The summed E-state index contributed by atoms with van der Waals surface area (Å²) in [6, 6.07) is 0. The van der Waals surface area contributed by atoms with Crippen molar-refractivity contribution in [1.82, 2.24) is 15.0 Å². The molecule has 2 rings (SSSR count). The second-order valence-corrected chi connectivity index (χ2v) is 4.28. The van der Waals surface area contributed by atoms with Crippen LogP contribution in [0.2, 0.25) is 0 Å². The molecule has 2 heterocycles. The molecule has 1 saturated heterocycles. The molecule has 1 unspecified atom stereocenters. The van der Waals surface area contributed by atoms with Gasteiger partial charge in [-0.1, -0.05) is 10.3 Å². The van der Waals surface area contributed by atoms with E-state index in [1.165, 1.54) is 13.2 Å². The van der Waals surface area contributed by atoms with Crippen LogP contribution in [0.1, 0.15) is 11.9 Å². The molecule has 21 heavy (non-hydrogen) atoms. The van der Waals surface area contributed by atoms with Crippen molar-refractivity contribution in [3.63, 3.8) is 0 Å². The number of azide groups is 1. The molecule has 4 atom stereocenters. The van der Waals surface area contributed by atoms with E-state index >= 15 is 0 Å². The number of nitrogens with two attached hydrogens (primary N) is 1. The van der Waals surface area contributed by atoms with E-state index in [-0.39, 0.29) is 11.5 Å². The van der Waals surface area contributed by atoms with Crippen LogP contribution in [0.15, 0.2) is 16.3 Å². The number of halogens is 1. The van der Waals surface area contributed by atoms with Crippen LogP contribution >= 0.6 is 0 Å². The SMILES string of the molecule is CN=C(N)c1cn([C@@H]2OC(CO)(N=[N+]=[N-])[C@@H](O)[C@@H]2F)nn1. The third-order valence-corrected chi connectivity index (χ3v) is 3.08. The van der Waals surface area contributed by atoms with E-state index in [1.807, 2.05) is 0 Å². The maximum absolute atomic E-state index is 14.1. The second kappa shape index (κ2) is 5.61. The average molecular weight is 300 g/mol. The summed E-state index contributed by atoms with van der Waals surface area (Å²) in [5.74, 6) is 0.0821. The van der Waals surface area contributed by atoms with Gasteiger partial charge in [0.25, 0.3) is 0 Å². The molecular weight excluding hydrogens is 287 g/mol. The molecule has 11 nitrogen and oxygen atoms in total. The van der Waals surface area contributed by atoms with Gasteiger partial charge in [-0.25, -0.2) is 9.07 Å².